The van der Waals surface area contributed by atoms with E-state index >= 15 is 0 Å². The van der Waals surface area contributed by atoms with Gasteiger partial charge in [0, 0.05) is 5.56 Å². The van der Waals surface area contributed by atoms with Gasteiger partial charge in [-0.15, -0.1) is 0 Å². The lowest BCUT2D eigenvalue weighted by molar-refractivity contribution is 0.358. The maximum atomic E-state index is 9.43. The first-order valence-electron chi connectivity index (χ1n) is 6.44. The van der Waals surface area contributed by atoms with Crippen molar-refractivity contribution in [3.05, 3.63) is 63.7 Å². The van der Waals surface area contributed by atoms with Crippen LogP contribution in [0.5, 0.6) is 5.75 Å². The van der Waals surface area contributed by atoms with Crippen LogP contribution in [-0.4, -0.2) is 6.61 Å². The summed E-state index contributed by atoms with van der Waals surface area (Å²) in [6.07, 6.45) is 1.62. The van der Waals surface area contributed by atoms with E-state index in [2.05, 4.69) is 18.7 Å². The second-order valence-electron chi connectivity index (χ2n) is 4.45. The predicted molar refractivity (Wildman–Crippen MR) is 86.1 cm³/mol. The van der Waals surface area contributed by atoms with Crippen LogP contribution < -0.4 is 16.2 Å². The molecule has 5 nitrogen and oxygen atoms in total. The Morgan fingerprint density at radius 2 is 1.77 bits per heavy atom. The maximum absolute atomic E-state index is 9.43. The lowest BCUT2D eigenvalue weighted by Gasteiger charge is -2.25. The molecule has 0 atom stereocenters. The van der Waals surface area contributed by atoms with Crippen molar-refractivity contribution in [3.63, 3.8) is 0 Å². The first-order chi connectivity index (χ1) is 10.6. The molecule has 1 aliphatic heterocycles. The molecule has 1 heterocycles. The molecule has 0 saturated carbocycles. The molecule has 6 heteroatoms. The van der Waals surface area contributed by atoms with Gasteiger partial charge in [-0.25, -0.2) is 0 Å². The molecule has 0 bridgehead atoms. The first kappa shape index (κ1) is 15.6. The number of hydrogen-bond donors (Lipinski definition) is 2. The lowest BCUT2D eigenvalue weighted by Crippen LogP contribution is -2.19. The predicted octanol–water partition coefficient (Wildman–Crippen LogP) is 2.47. The van der Waals surface area contributed by atoms with Crippen LogP contribution >= 0.6 is 11.8 Å². The number of thioether (sulfide) groups is 1. The van der Waals surface area contributed by atoms with Crippen LogP contribution in [0.25, 0.3) is 0 Å². The van der Waals surface area contributed by atoms with Gasteiger partial charge in [-0.1, -0.05) is 42.6 Å². The zero-order chi connectivity index (χ0) is 16.1. The van der Waals surface area contributed by atoms with E-state index in [4.69, 9.17) is 16.2 Å². The standard InChI is InChI=1S/C16H14N4OS/c1-2-7-21-13-6-4-3-5-10(13)14-11(8-17)15(19)22-16(20)12(14)9-18/h2-6,14H,1,7,19-20H2. The highest BCUT2D eigenvalue weighted by Gasteiger charge is 2.32. The van der Waals surface area contributed by atoms with E-state index in [0.29, 0.717) is 39.1 Å². The molecule has 0 aliphatic carbocycles. The fourth-order valence-corrected chi connectivity index (χ4v) is 2.99. The monoisotopic (exact) mass is 310 g/mol. The van der Waals surface area contributed by atoms with Crippen LogP contribution in [-0.2, 0) is 0 Å². The van der Waals surface area contributed by atoms with Crippen molar-refractivity contribution in [3.8, 4) is 17.9 Å². The zero-order valence-corrected chi connectivity index (χ0v) is 12.6. The van der Waals surface area contributed by atoms with E-state index in [1.807, 2.05) is 12.1 Å². The highest BCUT2D eigenvalue weighted by Crippen LogP contribution is 2.45. The van der Waals surface area contributed by atoms with E-state index < -0.39 is 5.92 Å². The Morgan fingerprint density at radius 1 is 1.18 bits per heavy atom. The summed E-state index contributed by atoms with van der Waals surface area (Å²) in [6.45, 7) is 3.93. The maximum Gasteiger partial charge on any atom is 0.123 e. The van der Waals surface area contributed by atoms with Crippen molar-refractivity contribution in [1.29, 1.82) is 10.5 Å². The van der Waals surface area contributed by atoms with Crippen LogP contribution in [0, 0.1) is 22.7 Å². The molecule has 1 aromatic rings. The number of ether oxygens (including phenoxy) is 1. The fraction of sp³-hybridized carbons (Fsp3) is 0.125. The topological polar surface area (TPSA) is 109 Å². The van der Waals surface area contributed by atoms with Crippen molar-refractivity contribution in [2.45, 2.75) is 5.92 Å². The Labute approximate surface area is 133 Å². The summed E-state index contributed by atoms with van der Waals surface area (Å²) in [5.41, 5.74) is 13.1. The second-order valence-corrected chi connectivity index (χ2v) is 5.54. The molecule has 2 rings (SSSR count). The molecule has 0 amide bonds. The molecule has 4 N–H and O–H groups in total. The normalized spacial score (nSPS) is 15.2. The number of benzene rings is 1. The molecule has 0 fully saturated rings. The molecule has 1 aliphatic rings. The van der Waals surface area contributed by atoms with Crippen LogP contribution in [0.2, 0.25) is 0 Å². The molecule has 110 valence electrons. The van der Waals surface area contributed by atoms with Gasteiger partial charge in [-0.2, -0.15) is 10.5 Å². The Hall–Kier alpha value is -2.83. The molecule has 0 saturated heterocycles. The highest BCUT2D eigenvalue weighted by atomic mass is 32.2. The first-order valence-corrected chi connectivity index (χ1v) is 7.25. The minimum Gasteiger partial charge on any atom is -0.489 e. The Kier molecular flexibility index (Phi) is 4.77. The van der Waals surface area contributed by atoms with Crippen molar-refractivity contribution < 1.29 is 4.74 Å². The summed E-state index contributed by atoms with van der Waals surface area (Å²) in [6, 6.07) is 11.4. The fourth-order valence-electron chi connectivity index (χ4n) is 2.21. The number of rotatable bonds is 4. The van der Waals surface area contributed by atoms with E-state index in [1.165, 1.54) is 0 Å². The van der Waals surface area contributed by atoms with Gasteiger partial charge in [0.2, 0.25) is 0 Å². The SMILES string of the molecule is C=CCOc1ccccc1C1C(C#N)=C(N)SC(N)=C1C#N. The smallest absolute Gasteiger partial charge is 0.123 e. The minimum absolute atomic E-state index is 0.308. The van der Waals surface area contributed by atoms with Crippen LogP contribution in [0.3, 0.4) is 0 Å². The van der Waals surface area contributed by atoms with E-state index in [-0.39, 0.29) is 0 Å². The van der Waals surface area contributed by atoms with Crippen molar-refractivity contribution in [1.82, 2.24) is 0 Å². The largest absolute Gasteiger partial charge is 0.489 e. The van der Waals surface area contributed by atoms with Crippen LogP contribution in [0.15, 0.2) is 58.1 Å². The molecular formula is C16H14N4OS. The summed E-state index contributed by atoms with van der Waals surface area (Å²) < 4.78 is 5.63. The number of para-hydroxylation sites is 1. The molecule has 22 heavy (non-hydrogen) atoms. The third-order valence-electron chi connectivity index (χ3n) is 3.16. The van der Waals surface area contributed by atoms with Crippen molar-refractivity contribution >= 4 is 11.8 Å². The molecular weight excluding hydrogens is 296 g/mol. The van der Waals surface area contributed by atoms with Gasteiger partial charge in [0.05, 0.1) is 39.3 Å². The van der Waals surface area contributed by atoms with E-state index in [1.54, 1.807) is 18.2 Å². The highest BCUT2D eigenvalue weighted by molar-refractivity contribution is 8.06. The number of nitrogens with zero attached hydrogens (tertiary/aromatic N) is 2. The summed E-state index contributed by atoms with van der Waals surface area (Å²) >= 11 is 1.04. The van der Waals surface area contributed by atoms with Gasteiger partial charge in [0.15, 0.2) is 0 Å². The molecule has 1 aromatic carbocycles. The number of hydrogen-bond acceptors (Lipinski definition) is 6. The number of nitrogens with two attached hydrogens (primary N) is 2. The quantitative estimate of drug-likeness (QED) is 0.827. The third-order valence-corrected chi connectivity index (χ3v) is 4.04. The van der Waals surface area contributed by atoms with Crippen LogP contribution in [0.4, 0.5) is 0 Å². The van der Waals surface area contributed by atoms with E-state index in [9.17, 15) is 10.5 Å². The van der Waals surface area contributed by atoms with Gasteiger partial charge >= 0.3 is 0 Å². The average molecular weight is 310 g/mol. The molecule has 0 radical (unpaired) electrons. The Balaban J connectivity index is 2.62. The molecule has 0 unspecified atom stereocenters. The summed E-state index contributed by atoms with van der Waals surface area (Å²) in [5, 5.41) is 19.5. The average Bonchev–Trinajstić information content (AvgIpc) is 2.52. The van der Waals surface area contributed by atoms with Crippen molar-refractivity contribution in [2.24, 2.45) is 11.5 Å². The lowest BCUT2D eigenvalue weighted by atomic mass is 9.85. The molecule has 0 aromatic heterocycles. The summed E-state index contributed by atoms with van der Waals surface area (Å²) in [4.78, 5) is 0. The van der Waals surface area contributed by atoms with Gasteiger partial charge in [0.1, 0.15) is 12.4 Å². The summed E-state index contributed by atoms with van der Waals surface area (Å²) in [7, 11) is 0. The zero-order valence-electron chi connectivity index (χ0n) is 11.7. The Bertz CT molecular complexity index is 716. The minimum atomic E-state index is -0.614. The van der Waals surface area contributed by atoms with Crippen molar-refractivity contribution in [2.75, 3.05) is 6.61 Å². The van der Waals surface area contributed by atoms with E-state index in [0.717, 1.165) is 11.8 Å². The molecule has 0 spiro atoms. The van der Waals surface area contributed by atoms with Gasteiger partial charge in [-0.05, 0) is 6.07 Å². The number of allylic oxidation sites excluding steroid dienone is 2. The number of nitriles is 2. The Morgan fingerprint density at radius 3 is 2.32 bits per heavy atom. The second kappa shape index (κ2) is 6.75. The van der Waals surface area contributed by atoms with Gasteiger partial charge in [-0.3, -0.25) is 0 Å². The van der Waals surface area contributed by atoms with Gasteiger partial charge < -0.3 is 16.2 Å². The van der Waals surface area contributed by atoms with Crippen LogP contribution in [0.1, 0.15) is 11.5 Å². The summed E-state index contributed by atoms with van der Waals surface area (Å²) in [5.74, 6) is -0.0438. The third kappa shape index (κ3) is 2.78. The van der Waals surface area contributed by atoms with Gasteiger partial charge in [0.25, 0.3) is 0 Å².